The third-order valence-corrected chi connectivity index (χ3v) is 6.88. The first-order chi connectivity index (χ1) is 14.0. The third kappa shape index (κ3) is 3.64. The Bertz CT molecular complexity index is 1000. The summed E-state index contributed by atoms with van der Waals surface area (Å²) in [5.74, 6) is 2.65. The highest BCUT2D eigenvalue weighted by atomic mass is 16.5. The number of methoxy groups -OCH3 is 1. The average Bonchev–Trinajstić information content (AvgIpc) is 2.72. The first-order valence-corrected chi connectivity index (χ1v) is 10.5. The molecule has 3 aromatic carbocycles. The molecule has 2 nitrogen and oxygen atoms in total. The zero-order valence-corrected chi connectivity index (χ0v) is 17.8. The molecule has 4 rings (SSSR count). The lowest BCUT2D eigenvalue weighted by Gasteiger charge is -2.40. The quantitative estimate of drug-likeness (QED) is 0.568. The van der Waals surface area contributed by atoms with Crippen molar-refractivity contribution in [2.45, 2.75) is 45.4 Å². The molecule has 0 spiro atoms. The third-order valence-electron chi connectivity index (χ3n) is 6.88. The number of phenols is 1. The van der Waals surface area contributed by atoms with Crippen molar-refractivity contribution in [1.82, 2.24) is 0 Å². The number of aromatic hydroxyl groups is 1. The molecule has 0 aromatic heterocycles. The first kappa shape index (κ1) is 19.6. The predicted octanol–water partition coefficient (Wildman–Crippen LogP) is 6.32. The van der Waals surface area contributed by atoms with Gasteiger partial charge in [-0.15, -0.1) is 0 Å². The van der Waals surface area contributed by atoms with Crippen LogP contribution in [-0.4, -0.2) is 12.2 Å². The highest BCUT2D eigenvalue weighted by Gasteiger charge is 2.36. The van der Waals surface area contributed by atoms with E-state index in [1.807, 2.05) is 12.1 Å². The van der Waals surface area contributed by atoms with Crippen LogP contribution in [0.15, 0.2) is 60.7 Å². The Balaban J connectivity index is 1.81. The van der Waals surface area contributed by atoms with Gasteiger partial charge in [-0.05, 0) is 96.0 Å². The minimum absolute atomic E-state index is 0.328. The summed E-state index contributed by atoms with van der Waals surface area (Å²) < 4.78 is 5.67. The van der Waals surface area contributed by atoms with E-state index in [0.29, 0.717) is 23.5 Å². The lowest BCUT2D eigenvalue weighted by Crippen LogP contribution is -2.29. The molecule has 3 unspecified atom stereocenters. The van der Waals surface area contributed by atoms with Crippen molar-refractivity contribution < 1.29 is 9.84 Å². The maximum absolute atomic E-state index is 9.74. The van der Waals surface area contributed by atoms with Gasteiger partial charge in [0.15, 0.2) is 0 Å². The first-order valence-electron chi connectivity index (χ1n) is 10.5. The molecule has 29 heavy (non-hydrogen) atoms. The standard InChI is InChI=1S/C27H30O2/c1-17-7-5-6-8-21(17)15-25-18(2)24(20-9-12-23(28)13-10-20)16-22-11-14-26(29-4)19(3)27(22)25/h5-14,18,24-25,28H,15-16H2,1-4H3. The van der Waals surface area contributed by atoms with Crippen LogP contribution in [0.4, 0.5) is 0 Å². The monoisotopic (exact) mass is 386 g/mol. The Hall–Kier alpha value is -2.74. The van der Waals surface area contributed by atoms with E-state index in [2.05, 4.69) is 69.3 Å². The van der Waals surface area contributed by atoms with E-state index in [1.165, 1.54) is 33.4 Å². The second-order valence-electron chi connectivity index (χ2n) is 8.46. The number of phenolic OH excluding ortho intramolecular Hbond substituents is 1. The lowest BCUT2D eigenvalue weighted by molar-refractivity contribution is 0.343. The van der Waals surface area contributed by atoms with Gasteiger partial charge in [0.05, 0.1) is 7.11 Å². The topological polar surface area (TPSA) is 29.5 Å². The molecule has 0 heterocycles. The number of hydrogen-bond acceptors (Lipinski definition) is 2. The molecule has 1 aliphatic rings. The van der Waals surface area contributed by atoms with Crippen molar-refractivity contribution in [3.63, 3.8) is 0 Å². The number of ether oxygens (including phenoxy) is 1. The van der Waals surface area contributed by atoms with E-state index in [-0.39, 0.29) is 0 Å². The zero-order valence-electron chi connectivity index (χ0n) is 17.8. The molecule has 0 radical (unpaired) electrons. The van der Waals surface area contributed by atoms with E-state index < -0.39 is 0 Å². The van der Waals surface area contributed by atoms with Crippen molar-refractivity contribution in [3.8, 4) is 11.5 Å². The molecular weight excluding hydrogens is 356 g/mol. The lowest BCUT2D eigenvalue weighted by atomic mass is 9.64. The van der Waals surface area contributed by atoms with Crippen LogP contribution in [0.1, 0.15) is 52.1 Å². The Morgan fingerprint density at radius 2 is 1.69 bits per heavy atom. The normalized spacial score (nSPS) is 20.9. The maximum atomic E-state index is 9.74. The number of rotatable bonds is 4. The molecule has 1 N–H and O–H groups in total. The minimum Gasteiger partial charge on any atom is -0.508 e. The summed E-state index contributed by atoms with van der Waals surface area (Å²) in [7, 11) is 1.76. The Morgan fingerprint density at radius 3 is 2.38 bits per heavy atom. The summed E-state index contributed by atoms with van der Waals surface area (Å²) in [6.07, 6.45) is 2.06. The fraction of sp³-hybridized carbons (Fsp3) is 0.333. The number of benzene rings is 3. The molecule has 150 valence electrons. The highest BCUT2D eigenvalue weighted by Crippen LogP contribution is 2.48. The highest BCUT2D eigenvalue weighted by molar-refractivity contribution is 5.50. The van der Waals surface area contributed by atoms with E-state index in [9.17, 15) is 5.11 Å². The Morgan fingerprint density at radius 1 is 0.966 bits per heavy atom. The number of hydrogen-bond donors (Lipinski definition) is 1. The van der Waals surface area contributed by atoms with Crippen molar-refractivity contribution in [2.24, 2.45) is 5.92 Å². The summed E-state index contributed by atoms with van der Waals surface area (Å²) in [5.41, 5.74) is 8.26. The van der Waals surface area contributed by atoms with Crippen LogP contribution in [0.5, 0.6) is 11.5 Å². The summed E-state index contributed by atoms with van der Waals surface area (Å²) >= 11 is 0. The predicted molar refractivity (Wildman–Crippen MR) is 119 cm³/mol. The molecule has 0 amide bonds. The van der Waals surface area contributed by atoms with Gasteiger partial charge in [0.25, 0.3) is 0 Å². The van der Waals surface area contributed by atoms with Gasteiger partial charge in [-0.1, -0.05) is 49.4 Å². The number of fused-ring (bicyclic) bond motifs is 1. The van der Waals surface area contributed by atoms with Crippen LogP contribution in [0.3, 0.4) is 0 Å². The van der Waals surface area contributed by atoms with Crippen LogP contribution >= 0.6 is 0 Å². The molecule has 0 saturated carbocycles. The summed E-state index contributed by atoms with van der Waals surface area (Å²) in [5, 5.41) is 9.74. The Kier molecular flexibility index (Phi) is 5.36. The van der Waals surface area contributed by atoms with Crippen molar-refractivity contribution in [1.29, 1.82) is 0 Å². The van der Waals surface area contributed by atoms with Crippen LogP contribution < -0.4 is 4.74 Å². The van der Waals surface area contributed by atoms with E-state index in [4.69, 9.17) is 4.74 Å². The molecule has 0 saturated heterocycles. The van der Waals surface area contributed by atoms with Gasteiger partial charge >= 0.3 is 0 Å². The maximum Gasteiger partial charge on any atom is 0.122 e. The molecule has 2 heteroatoms. The molecule has 0 fully saturated rings. The fourth-order valence-electron chi connectivity index (χ4n) is 5.15. The smallest absolute Gasteiger partial charge is 0.122 e. The molecular formula is C27H30O2. The second kappa shape index (κ2) is 7.94. The van der Waals surface area contributed by atoms with E-state index in [1.54, 1.807) is 7.11 Å². The van der Waals surface area contributed by atoms with Crippen LogP contribution in [0, 0.1) is 19.8 Å². The molecule has 0 bridgehead atoms. The van der Waals surface area contributed by atoms with Crippen LogP contribution in [0.25, 0.3) is 0 Å². The van der Waals surface area contributed by atoms with Gasteiger partial charge in [0.1, 0.15) is 11.5 Å². The molecule has 0 aliphatic heterocycles. The molecule has 1 aliphatic carbocycles. The van der Waals surface area contributed by atoms with Gasteiger partial charge in [0, 0.05) is 0 Å². The van der Waals surface area contributed by atoms with Gasteiger partial charge in [-0.3, -0.25) is 0 Å². The summed E-state index contributed by atoms with van der Waals surface area (Å²) in [6.45, 7) is 6.80. The minimum atomic E-state index is 0.328. The molecule has 3 aromatic rings. The fourth-order valence-corrected chi connectivity index (χ4v) is 5.15. The Labute approximate surface area is 174 Å². The van der Waals surface area contributed by atoms with Crippen molar-refractivity contribution in [3.05, 3.63) is 94.0 Å². The van der Waals surface area contributed by atoms with Crippen molar-refractivity contribution >= 4 is 0 Å². The largest absolute Gasteiger partial charge is 0.508 e. The van der Waals surface area contributed by atoms with Crippen LogP contribution in [-0.2, 0) is 12.8 Å². The molecule has 3 atom stereocenters. The number of aryl methyl sites for hydroxylation is 1. The van der Waals surface area contributed by atoms with Crippen molar-refractivity contribution in [2.75, 3.05) is 7.11 Å². The van der Waals surface area contributed by atoms with Gasteiger partial charge in [-0.2, -0.15) is 0 Å². The summed E-state index contributed by atoms with van der Waals surface area (Å²) in [4.78, 5) is 0. The second-order valence-corrected chi connectivity index (χ2v) is 8.46. The van der Waals surface area contributed by atoms with Gasteiger partial charge in [0.2, 0.25) is 0 Å². The SMILES string of the molecule is COc1ccc2c(c1C)C(Cc1ccccc1C)C(C)C(c1ccc(O)cc1)C2. The summed E-state index contributed by atoms with van der Waals surface area (Å²) in [6, 6.07) is 20.9. The average molecular weight is 387 g/mol. The van der Waals surface area contributed by atoms with Gasteiger partial charge in [-0.25, -0.2) is 0 Å². The van der Waals surface area contributed by atoms with Gasteiger partial charge < -0.3 is 9.84 Å². The zero-order chi connectivity index (χ0) is 20.5. The van der Waals surface area contributed by atoms with Crippen LogP contribution in [0.2, 0.25) is 0 Å². The van der Waals surface area contributed by atoms with E-state index in [0.717, 1.165) is 18.6 Å². The van der Waals surface area contributed by atoms with E-state index >= 15 is 0 Å².